The monoisotopic (exact) mass is 267 g/mol. The van der Waals surface area contributed by atoms with Crippen LogP contribution >= 0.6 is 0 Å². The molecule has 102 valence electrons. The topological polar surface area (TPSA) is 83.9 Å². The van der Waals surface area contributed by atoms with E-state index in [0.29, 0.717) is 6.42 Å². The minimum atomic E-state index is -3.61. The van der Waals surface area contributed by atoms with Gasteiger partial charge < -0.3 is 9.84 Å². The fourth-order valence-electron chi connectivity index (χ4n) is 1.42. The molecule has 0 aromatic rings. The molecule has 7 heteroatoms. The highest BCUT2D eigenvalue weighted by Crippen LogP contribution is 2.11. The van der Waals surface area contributed by atoms with Crippen LogP contribution in [0.5, 0.6) is 0 Å². The third-order valence-corrected chi connectivity index (χ3v) is 4.47. The summed E-state index contributed by atoms with van der Waals surface area (Å²) < 4.78 is 30.0. The fourth-order valence-corrected chi connectivity index (χ4v) is 3.40. The molecule has 0 spiro atoms. The lowest BCUT2D eigenvalue weighted by Gasteiger charge is -2.26. The van der Waals surface area contributed by atoms with Gasteiger partial charge in [-0.3, -0.25) is 4.79 Å². The molecule has 0 aliphatic heterocycles. The van der Waals surface area contributed by atoms with Crippen molar-refractivity contribution in [1.29, 1.82) is 0 Å². The van der Waals surface area contributed by atoms with E-state index in [4.69, 9.17) is 9.84 Å². The highest BCUT2D eigenvalue weighted by molar-refractivity contribution is 7.89. The Morgan fingerprint density at radius 2 is 1.94 bits per heavy atom. The van der Waals surface area contributed by atoms with Gasteiger partial charge in [0.05, 0.1) is 11.9 Å². The van der Waals surface area contributed by atoms with Crippen molar-refractivity contribution in [3.63, 3.8) is 0 Å². The standard InChI is InChI=1S/C10H21NO5S/c1-5-9(16-4)7-17(14,15)11(8(2)3)6-10(12)13/h8-9H,5-7H2,1-4H3,(H,12,13). The second kappa shape index (κ2) is 6.93. The van der Waals surface area contributed by atoms with Crippen LogP contribution in [0.1, 0.15) is 27.2 Å². The molecule has 0 radical (unpaired) electrons. The van der Waals surface area contributed by atoms with Gasteiger partial charge in [-0.15, -0.1) is 0 Å². The van der Waals surface area contributed by atoms with Gasteiger partial charge in [-0.05, 0) is 20.3 Å². The first-order valence-corrected chi connectivity index (χ1v) is 7.09. The molecule has 6 nitrogen and oxygen atoms in total. The molecular weight excluding hydrogens is 246 g/mol. The van der Waals surface area contributed by atoms with Crippen molar-refractivity contribution in [3.8, 4) is 0 Å². The van der Waals surface area contributed by atoms with Crippen LogP contribution in [-0.2, 0) is 19.6 Å². The van der Waals surface area contributed by atoms with Gasteiger partial charge in [0.15, 0.2) is 0 Å². The number of carboxylic acids is 1. The van der Waals surface area contributed by atoms with E-state index in [1.165, 1.54) is 7.11 Å². The van der Waals surface area contributed by atoms with Gasteiger partial charge in [-0.1, -0.05) is 6.92 Å². The van der Waals surface area contributed by atoms with Crippen molar-refractivity contribution in [3.05, 3.63) is 0 Å². The number of sulfonamides is 1. The smallest absolute Gasteiger partial charge is 0.318 e. The molecule has 0 aliphatic carbocycles. The van der Waals surface area contributed by atoms with E-state index in [2.05, 4.69) is 0 Å². The molecule has 0 heterocycles. The average molecular weight is 267 g/mol. The number of hydrogen-bond acceptors (Lipinski definition) is 4. The normalized spacial score (nSPS) is 14.2. The zero-order chi connectivity index (χ0) is 13.6. The Labute approximate surface area is 103 Å². The second-order valence-electron chi connectivity index (χ2n) is 4.08. The molecule has 0 amide bonds. The summed E-state index contributed by atoms with van der Waals surface area (Å²) in [6.45, 7) is 4.60. The van der Waals surface area contributed by atoms with E-state index in [1.54, 1.807) is 13.8 Å². The predicted molar refractivity (Wildman–Crippen MR) is 64.4 cm³/mol. The predicted octanol–water partition coefficient (Wildman–Crippen LogP) is 0.536. The molecule has 0 aliphatic rings. The van der Waals surface area contributed by atoms with Crippen molar-refractivity contribution >= 4 is 16.0 Å². The summed E-state index contributed by atoms with van der Waals surface area (Å²) in [5, 5.41) is 8.71. The Balaban J connectivity index is 4.89. The highest BCUT2D eigenvalue weighted by Gasteiger charge is 2.29. The molecule has 1 atom stereocenters. The van der Waals surface area contributed by atoms with Gasteiger partial charge in [0.1, 0.15) is 6.54 Å². The van der Waals surface area contributed by atoms with Crippen molar-refractivity contribution in [2.75, 3.05) is 19.4 Å². The molecule has 0 aromatic heterocycles. The molecule has 0 bridgehead atoms. The maximum atomic E-state index is 12.0. The maximum Gasteiger partial charge on any atom is 0.318 e. The van der Waals surface area contributed by atoms with Crippen LogP contribution in [0, 0.1) is 0 Å². The summed E-state index contributed by atoms with van der Waals surface area (Å²) in [5.74, 6) is -1.35. The van der Waals surface area contributed by atoms with Crippen LogP contribution in [0.3, 0.4) is 0 Å². The molecule has 0 aromatic carbocycles. The van der Waals surface area contributed by atoms with Crippen molar-refractivity contribution in [1.82, 2.24) is 4.31 Å². The highest BCUT2D eigenvalue weighted by atomic mass is 32.2. The van der Waals surface area contributed by atoms with E-state index < -0.39 is 28.6 Å². The Bertz CT molecular complexity index is 335. The third kappa shape index (κ3) is 5.47. The molecule has 0 saturated heterocycles. The van der Waals surface area contributed by atoms with Crippen LogP contribution in [-0.4, -0.2) is 55.4 Å². The summed E-state index contributed by atoms with van der Waals surface area (Å²) >= 11 is 0. The number of nitrogens with zero attached hydrogens (tertiary/aromatic N) is 1. The molecule has 0 rings (SSSR count). The van der Waals surface area contributed by atoms with Gasteiger partial charge in [0.2, 0.25) is 10.0 Å². The van der Waals surface area contributed by atoms with E-state index in [1.807, 2.05) is 6.92 Å². The Morgan fingerprint density at radius 3 is 2.24 bits per heavy atom. The first kappa shape index (κ1) is 16.3. The number of carboxylic acid groups (broad SMARTS) is 1. The Kier molecular flexibility index (Phi) is 6.66. The van der Waals surface area contributed by atoms with Gasteiger partial charge in [0, 0.05) is 13.2 Å². The van der Waals surface area contributed by atoms with E-state index >= 15 is 0 Å². The summed E-state index contributed by atoms with van der Waals surface area (Å²) in [4.78, 5) is 10.6. The number of hydrogen-bond donors (Lipinski definition) is 1. The lowest BCUT2D eigenvalue weighted by atomic mass is 10.3. The zero-order valence-electron chi connectivity index (χ0n) is 10.7. The molecule has 1 unspecified atom stereocenters. The SMILES string of the molecule is CCC(CS(=O)(=O)N(CC(=O)O)C(C)C)OC. The van der Waals surface area contributed by atoms with Crippen LogP contribution in [0.15, 0.2) is 0 Å². The number of aliphatic carboxylic acids is 1. The van der Waals surface area contributed by atoms with Crippen LogP contribution in [0.25, 0.3) is 0 Å². The number of ether oxygens (including phenoxy) is 1. The third-order valence-electron chi connectivity index (χ3n) is 2.41. The van der Waals surface area contributed by atoms with Gasteiger partial charge in [-0.2, -0.15) is 4.31 Å². The van der Waals surface area contributed by atoms with E-state index in [-0.39, 0.29) is 11.8 Å². The Hall–Kier alpha value is -0.660. The van der Waals surface area contributed by atoms with Gasteiger partial charge >= 0.3 is 5.97 Å². The summed E-state index contributed by atoms with van der Waals surface area (Å²) in [6, 6.07) is -0.384. The van der Waals surface area contributed by atoms with Crippen LogP contribution < -0.4 is 0 Å². The molecule has 0 saturated carbocycles. The first-order valence-electron chi connectivity index (χ1n) is 5.48. The maximum absolute atomic E-state index is 12.0. The van der Waals surface area contributed by atoms with E-state index in [9.17, 15) is 13.2 Å². The Morgan fingerprint density at radius 1 is 1.41 bits per heavy atom. The second-order valence-corrected chi connectivity index (χ2v) is 6.04. The van der Waals surface area contributed by atoms with Crippen molar-refractivity contribution < 1.29 is 23.1 Å². The quantitative estimate of drug-likeness (QED) is 0.693. The average Bonchev–Trinajstić information content (AvgIpc) is 2.21. The van der Waals surface area contributed by atoms with Crippen LogP contribution in [0.4, 0.5) is 0 Å². The molecular formula is C10H21NO5S. The number of carbonyl (C=O) groups is 1. The lowest BCUT2D eigenvalue weighted by molar-refractivity contribution is -0.137. The van der Waals surface area contributed by atoms with Gasteiger partial charge in [0.25, 0.3) is 0 Å². The van der Waals surface area contributed by atoms with Crippen molar-refractivity contribution in [2.45, 2.75) is 39.3 Å². The van der Waals surface area contributed by atoms with E-state index in [0.717, 1.165) is 4.31 Å². The van der Waals surface area contributed by atoms with Crippen LogP contribution in [0.2, 0.25) is 0 Å². The summed E-state index contributed by atoms with van der Waals surface area (Å²) in [7, 11) is -2.17. The lowest BCUT2D eigenvalue weighted by Crippen LogP contribution is -2.44. The number of methoxy groups -OCH3 is 1. The zero-order valence-corrected chi connectivity index (χ0v) is 11.5. The fraction of sp³-hybridized carbons (Fsp3) is 0.900. The molecule has 17 heavy (non-hydrogen) atoms. The largest absolute Gasteiger partial charge is 0.480 e. The first-order chi connectivity index (χ1) is 7.74. The minimum absolute atomic E-state index is 0.189. The van der Waals surface area contributed by atoms with Gasteiger partial charge in [-0.25, -0.2) is 8.42 Å². The number of rotatable bonds is 8. The van der Waals surface area contributed by atoms with Crippen molar-refractivity contribution in [2.24, 2.45) is 0 Å². The molecule has 1 N–H and O–H groups in total. The summed E-state index contributed by atoms with van der Waals surface area (Å²) in [6.07, 6.45) is 0.157. The summed E-state index contributed by atoms with van der Waals surface area (Å²) in [5.41, 5.74) is 0. The molecule has 0 fully saturated rings. The minimum Gasteiger partial charge on any atom is -0.480 e.